The van der Waals surface area contributed by atoms with Crippen LogP contribution < -0.4 is 22.1 Å². The Kier molecular flexibility index (Phi) is 6.76. The number of nitrogens with two attached hydrogens (primary N) is 2. The number of nitrogens with one attached hydrogen (secondary N) is 2. The van der Waals surface area contributed by atoms with E-state index in [0.29, 0.717) is 13.1 Å². The first-order valence-corrected chi connectivity index (χ1v) is 3.71. The van der Waals surface area contributed by atoms with E-state index >= 15 is 0 Å². The van der Waals surface area contributed by atoms with Crippen molar-refractivity contribution in [3.63, 3.8) is 0 Å². The number of urea groups is 1. The van der Waals surface area contributed by atoms with E-state index in [4.69, 9.17) is 11.5 Å². The summed E-state index contributed by atoms with van der Waals surface area (Å²) >= 11 is 0. The van der Waals surface area contributed by atoms with Gasteiger partial charge in [0.15, 0.2) is 0 Å². The molecule has 5 heteroatoms. The van der Waals surface area contributed by atoms with Crippen molar-refractivity contribution in [2.45, 2.75) is 6.42 Å². The highest BCUT2D eigenvalue weighted by atomic mass is 16.2. The van der Waals surface area contributed by atoms with Crippen LogP contribution >= 0.6 is 0 Å². The summed E-state index contributed by atoms with van der Waals surface area (Å²) in [6, 6.07) is -0.481. The second-order valence-corrected chi connectivity index (χ2v) is 2.18. The first kappa shape index (κ1) is 10.2. The highest BCUT2D eigenvalue weighted by molar-refractivity contribution is 5.71. The predicted octanol–water partition coefficient (Wildman–Crippen LogP) is -1.41. The maximum absolute atomic E-state index is 10.2. The molecule has 5 nitrogen and oxygen atoms in total. The molecule has 0 radical (unpaired) electrons. The molecule has 0 aromatic carbocycles. The lowest BCUT2D eigenvalue weighted by atomic mass is 10.4. The van der Waals surface area contributed by atoms with Gasteiger partial charge in [-0.1, -0.05) is 0 Å². The molecule has 0 aromatic heterocycles. The minimum absolute atomic E-state index is 0.481. The van der Waals surface area contributed by atoms with Gasteiger partial charge in [0.25, 0.3) is 0 Å². The van der Waals surface area contributed by atoms with Crippen LogP contribution in [0.5, 0.6) is 0 Å². The monoisotopic (exact) mass is 160 g/mol. The minimum Gasteiger partial charge on any atom is -0.352 e. The molecule has 0 rings (SSSR count). The summed E-state index contributed by atoms with van der Waals surface area (Å²) in [5.41, 5.74) is 10.1. The number of carbonyl (C=O) groups excluding carboxylic acids is 1. The summed E-state index contributed by atoms with van der Waals surface area (Å²) in [5, 5.41) is 5.56. The predicted molar refractivity (Wildman–Crippen MR) is 44.1 cm³/mol. The lowest BCUT2D eigenvalue weighted by Gasteiger charge is -2.02. The number of hydrogen-bond donors (Lipinski definition) is 4. The Balaban J connectivity index is 2.85. The van der Waals surface area contributed by atoms with Crippen molar-refractivity contribution in [2.75, 3.05) is 26.2 Å². The van der Waals surface area contributed by atoms with Crippen LogP contribution in [0, 0.1) is 0 Å². The zero-order chi connectivity index (χ0) is 8.53. The lowest BCUT2D eigenvalue weighted by molar-refractivity contribution is 0.249. The van der Waals surface area contributed by atoms with Crippen LogP contribution in [0.4, 0.5) is 4.79 Å². The van der Waals surface area contributed by atoms with Crippen molar-refractivity contribution >= 4 is 6.03 Å². The van der Waals surface area contributed by atoms with E-state index < -0.39 is 6.03 Å². The molecule has 0 saturated carbocycles. The number of rotatable bonds is 6. The molecule has 0 unspecified atom stereocenters. The highest BCUT2D eigenvalue weighted by Crippen LogP contribution is 1.67. The van der Waals surface area contributed by atoms with Gasteiger partial charge < -0.3 is 22.1 Å². The molecule has 0 aliphatic rings. The van der Waals surface area contributed by atoms with Gasteiger partial charge in [-0.15, -0.1) is 0 Å². The molecule has 0 fully saturated rings. The van der Waals surface area contributed by atoms with Crippen molar-refractivity contribution < 1.29 is 4.79 Å². The van der Waals surface area contributed by atoms with E-state index in [2.05, 4.69) is 10.6 Å². The van der Waals surface area contributed by atoms with E-state index in [1.807, 2.05) is 0 Å². The van der Waals surface area contributed by atoms with Gasteiger partial charge in [-0.2, -0.15) is 0 Å². The van der Waals surface area contributed by atoms with Gasteiger partial charge in [-0.05, 0) is 19.5 Å². The van der Waals surface area contributed by atoms with Gasteiger partial charge in [0.1, 0.15) is 0 Å². The molecule has 0 heterocycles. The van der Waals surface area contributed by atoms with Crippen molar-refractivity contribution in [3.05, 3.63) is 0 Å². The fourth-order valence-electron chi connectivity index (χ4n) is 0.626. The molecule has 0 aliphatic heterocycles. The van der Waals surface area contributed by atoms with Crippen LogP contribution in [0.15, 0.2) is 0 Å². The first-order valence-electron chi connectivity index (χ1n) is 3.71. The second-order valence-electron chi connectivity index (χ2n) is 2.18. The van der Waals surface area contributed by atoms with E-state index in [1.165, 1.54) is 0 Å². The maximum atomic E-state index is 10.2. The summed E-state index contributed by atoms with van der Waals surface area (Å²) in [6.45, 7) is 2.88. The Bertz CT molecular complexity index is 107. The molecule has 11 heavy (non-hydrogen) atoms. The van der Waals surface area contributed by atoms with Crippen LogP contribution in [0.2, 0.25) is 0 Å². The molecule has 0 bridgehead atoms. The largest absolute Gasteiger partial charge is 0.352 e. The molecular formula is C6H16N4O. The van der Waals surface area contributed by atoms with E-state index in [9.17, 15) is 4.79 Å². The smallest absolute Gasteiger partial charge is 0.312 e. The van der Waals surface area contributed by atoms with Gasteiger partial charge in [0.05, 0.1) is 0 Å². The van der Waals surface area contributed by atoms with Gasteiger partial charge in [-0.25, -0.2) is 4.79 Å². The molecule has 0 spiro atoms. The van der Waals surface area contributed by atoms with Crippen molar-refractivity contribution in [2.24, 2.45) is 11.5 Å². The quantitative estimate of drug-likeness (QED) is 0.360. The van der Waals surface area contributed by atoms with Crippen molar-refractivity contribution in [3.8, 4) is 0 Å². The fourth-order valence-corrected chi connectivity index (χ4v) is 0.626. The lowest BCUT2D eigenvalue weighted by Crippen LogP contribution is -2.35. The molecule has 0 atom stereocenters. The average Bonchev–Trinajstić information content (AvgIpc) is 1.96. The zero-order valence-corrected chi connectivity index (χ0v) is 6.60. The summed E-state index contributed by atoms with van der Waals surface area (Å²) in [7, 11) is 0. The Morgan fingerprint density at radius 1 is 1.27 bits per heavy atom. The third-order valence-electron chi connectivity index (χ3n) is 1.16. The number of hydrogen-bond acceptors (Lipinski definition) is 3. The molecule has 2 amide bonds. The summed E-state index contributed by atoms with van der Waals surface area (Å²) < 4.78 is 0. The van der Waals surface area contributed by atoms with Crippen LogP contribution in [0.3, 0.4) is 0 Å². The molecule has 0 saturated heterocycles. The van der Waals surface area contributed by atoms with Crippen LogP contribution in [-0.2, 0) is 0 Å². The molecule has 0 aliphatic carbocycles. The third kappa shape index (κ3) is 9.19. The van der Waals surface area contributed by atoms with Gasteiger partial charge in [-0.3, -0.25) is 0 Å². The topological polar surface area (TPSA) is 93.2 Å². The normalized spacial score (nSPS) is 9.55. The first-order chi connectivity index (χ1) is 5.27. The number of carbonyl (C=O) groups is 1. The zero-order valence-electron chi connectivity index (χ0n) is 6.60. The Labute approximate surface area is 66.5 Å². The van der Waals surface area contributed by atoms with Gasteiger partial charge in [0.2, 0.25) is 0 Å². The van der Waals surface area contributed by atoms with Crippen molar-refractivity contribution in [1.82, 2.24) is 10.6 Å². The Hall–Kier alpha value is -0.810. The van der Waals surface area contributed by atoms with Gasteiger partial charge in [0, 0.05) is 13.1 Å². The van der Waals surface area contributed by atoms with Crippen LogP contribution in [0.25, 0.3) is 0 Å². The number of primary amides is 1. The molecule has 6 N–H and O–H groups in total. The number of amides is 2. The third-order valence-corrected chi connectivity index (χ3v) is 1.16. The SMILES string of the molecule is NCCCNCCNC(N)=O. The fraction of sp³-hybridized carbons (Fsp3) is 0.833. The summed E-state index contributed by atoms with van der Waals surface area (Å²) in [4.78, 5) is 10.2. The Morgan fingerprint density at radius 3 is 2.55 bits per heavy atom. The van der Waals surface area contributed by atoms with Crippen LogP contribution in [-0.4, -0.2) is 32.2 Å². The summed E-state index contributed by atoms with van der Waals surface area (Å²) in [6.07, 6.45) is 0.955. The standard InChI is InChI=1S/C6H16N4O/c7-2-1-3-9-4-5-10-6(8)11/h9H,1-5,7H2,(H3,8,10,11). The van der Waals surface area contributed by atoms with Crippen molar-refractivity contribution in [1.29, 1.82) is 0 Å². The van der Waals surface area contributed by atoms with Crippen LogP contribution in [0.1, 0.15) is 6.42 Å². The summed E-state index contributed by atoms with van der Waals surface area (Å²) in [5.74, 6) is 0. The molecule has 0 aromatic rings. The molecular weight excluding hydrogens is 144 g/mol. The highest BCUT2D eigenvalue weighted by Gasteiger charge is 1.89. The average molecular weight is 160 g/mol. The maximum Gasteiger partial charge on any atom is 0.312 e. The van der Waals surface area contributed by atoms with E-state index in [-0.39, 0.29) is 0 Å². The van der Waals surface area contributed by atoms with Gasteiger partial charge >= 0.3 is 6.03 Å². The Morgan fingerprint density at radius 2 is 2.00 bits per heavy atom. The minimum atomic E-state index is -0.481. The van der Waals surface area contributed by atoms with E-state index in [0.717, 1.165) is 19.5 Å². The second kappa shape index (κ2) is 7.30. The van der Waals surface area contributed by atoms with E-state index in [1.54, 1.807) is 0 Å². The molecule has 66 valence electrons.